The molecular weight excluding hydrogens is 208 g/mol. The lowest BCUT2D eigenvalue weighted by Gasteiger charge is -2.15. The fourth-order valence-electron chi connectivity index (χ4n) is 1.83. The van der Waals surface area contributed by atoms with Crippen molar-refractivity contribution in [3.63, 3.8) is 0 Å². The number of rotatable bonds is 5. The van der Waals surface area contributed by atoms with E-state index in [0.717, 1.165) is 25.8 Å². The largest absolute Gasteiger partial charge is 0.481 e. The Morgan fingerprint density at radius 1 is 1.31 bits per heavy atom. The maximum atomic E-state index is 11.7. The molecule has 16 heavy (non-hydrogen) atoms. The van der Waals surface area contributed by atoms with Crippen LogP contribution in [0.5, 0.6) is 0 Å². The highest BCUT2D eigenvalue weighted by Crippen LogP contribution is 2.08. The third-order valence-corrected chi connectivity index (χ3v) is 2.74. The van der Waals surface area contributed by atoms with Crippen LogP contribution in [0.3, 0.4) is 0 Å². The summed E-state index contributed by atoms with van der Waals surface area (Å²) < 4.78 is 0. The summed E-state index contributed by atoms with van der Waals surface area (Å²) in [5.41, 5.74) is 0. The van der Waals surface area contributed by atoms with E-state index in [1.54, 1.807) is 0 Å². The number of carboxylic acid groups (broad SMARTS) is 1. The summed E-state index contributed by atoms with van der Waals surface area (Å²) in [6, 6.07) is -0.0904. The maximum absolute atomic E-state index is 11.7. The van der Waals surface area contributed by atoms with E-state index in [4.69, 9.17) is 5.11 Å². The zero-order valence-corrected chi connectivity index (χ0v) is 9.50. The number of carboxylic acids is 1. The van der Waals surface area contributed by atoms with E-state index in [1.807, 2.05) is 0 Å². The number of carbonyl (C=O) groups is 2. The Morgan fingerprint density at radius 3 is 2.88 bits per heavy atom. The van der Waals surface area contributed by atoms with Crippen LogP contribution in [-0.4, -0.2) is 36.1 Å². The predicted molar refractivity (Wildman–Crippen MR) is 60.1 cm³/mol. The summed E-state index contributed by atoms with van der Waals surface area (Å²) in [5, 5.41) is 14.4. The number of hydrogen-bond donors (Lipinski definition) is 3. The highest BCUT2D eigenvalue weighted by atomic mass is 16.4. The van der Waals surface area contributed by atoms with Crippen LogP contribution < -0.4 is 10.6 Å². The van der Waals surface area contributed by atoms with E-state index >= 15 is 0 Å². The van der Waals surface area contributed by atoms with Crippen LogP contribution in [0.2, 0.25) is 0 Å². The second-order valence-corrected chi connectivity index (χ2v) is 4.14. The second kappa shape index (κ2) is 7.22. The second-order valence-electron chi connectivity index (χ2n) is 4.14. The van der Waals surface area contributed by atoms with Crippen LogP contribution >= 0.6 is 0 Å². The minimum absolute atomic E-state index is 0.00675. The summed E-state index contributed by atoms with van der Waals surface area (Å²) >= 11 is 0. The summed E-state index contributed by atoms with van der Waals surface area (Å²) in [4.78, 5) is 21.9. The smallest absolute Gasteiger partial charge is 0.303 e. The molecule has 1 atom stereocenters. The van der Waals surface area contributed by atoms with Gasteiger partial charge in [-0.25, -0.2) is 0 Å². The van der Waals surface area contributed by atoms with Crippen molar-refractivity contribution in [2.45, 2.75) is 44.6 Å². The minimum atomic E-state index is -0.818. The van der Waals surface area contributed by atoms with Gasteiger partial charge in [0.15, 0.2) is 0 Å². The first-order valence-electron chi connectivity index (χ1n) is 5.93. The quantitative estimate of drug-likeness (QED) is 0.599. The van der Waals surface area contributed by atoms with Gasteiger partial charge in [0.05, 0.1) is 6.04 Å². The number of nitrogens with one attached hydrogen (secondary N) is 2. The van der Waals surface area contributed by atoms with Crippen molar-refractivity contribution >= 4 is 11.9 Å². The van der Waals surface area contributed by atoms with Gasteiger partial charge >= 0.3 is 5.97 Å². The molecule has 1 unspecified atom stereocenters. The number of amides is 1. The molecule has 0 radical (unpaired) electrons. The Kier molecular flexibility index (Phi) is 5.85. The van der Waals surface area contributed by atoms with Crippen molar-refractivity contribution in [2.24, 2.45) is 0 Å². The summed E-state index contributed by atoms with van der Waals surface area (Å²) in [7, 11) is 0. The van der Waals surface area contributed by atoms with Gasteiger partial charge < -0.3 is 15.7 Å². The molecule has 5 nitrogen and oxygen atoms in total. The molecule has 0 aromatic heterocycles. The summed E-state index contributed by atoms with van der Waals surface area (Å²) in [5.74, 6) is -0.811. The molecule has 0 bridgehead atoms. The van der Waals surface area contributed by atoms with Crippen LogP contribution in [-0.2, 0) is 9.59 Å². The molecule has 0 aromatic carbocycles. The van der Waals surface area contributed by atoms with Gasteiger partial charge in [0, 0.05) is 13.0 Å². The molecule has 0 aliphatic carbocycles. The van der Waals surface area contributed by atoms with Gasteiger partial charge in [0.1, 0.15) is 0 Å². The Balaban J connectivity index is 2.15. The van der Waals surface area contributed by atoms with Crippen molar-refractivity contribution in [1.29, 1.82) is 0 Å². The molecule has 1 fully saturated rings. The molecule has 1 rings (SSSR count). The molecule has 1 heterocycles. The van der Waals surface area contributed by atoms with E-state index in [9.17, 15) is 9.59 Å². The molecule has 3 N–H and O–H groups in total. The van der Waals surface area contributed by atoms with Crippen LogP contribution in [0.15, 0.2) is 0 Å². The molecule has 1 amide bonds. The standard InChI is InChI=1S/C11H20N2O3/c14-10(15)6-4-8-13-11(16)9-5-2-1-3-7-12-9/h9,12H,1-8H2,(H,13,16)(H,14,15). The van der Waals surface area contributed by atoms with Crippen molar-refractivity contribution < 1.29 is 14.7 Å². The Bertz CT molecular complexity index is 235. The number of carbonyl (C=O) groups excluding carboxylic acids is 1. The predicted octanol–water partition coefficient (Wildman–Crippen LogP) is 0.500. The van der Waals surface area contributed by atoms with E-state index in [1.165, 1.54) is 6.42 Å². The zero-order chi connectivity index (χ0) is 11.8. The highest BCUT2D eigenvalue weighted by molar-refractivity contribution is 5.81. The lowest BCUT2D eigenvalue weighted by molar-refractivity contribution is -0.137. The number of hydrogen-bond acceptors (Lipinski definition) is 3. The van der Waals surface area contributed by atoms with Gasteiger partial charge in [-0.2, -0.15) is 0 Å². The molecule has 92 valence electrons. The van der Waals surface area contributed by atoms with Crippen molar-refractivity contribution in [3.8, 4) is 0 Å². The lowest BCUT2D eigenvalue weighted by atomic mass is 10.1. The first-order valence-corrected chi connectivity index (χ1v) is 5.93. The maximum Gasteiger partial charge on any atom is 0.303 e. The monoisotopic (exact) mass is 228 g/mol. The van der Waals surface area contributed by atoms with Gasteiger partial charge in [-0.1, -0.05) is 12.8 Å². The van der Waals surface area contributed by atoms with E-state index in [0.29, 0.717) is 13.0 Å². The summed E-state index contributed by atoms with van der Waals surface area (Å²) in [6.45, 7) is 1.34. The summed E-state index contributed by atoms with van der Waals surface area (Å²) in [6.07, 6.45) is 4.87. The molecule has 1 aliphatic heterocycles. The SMILES string of the molecule is O=C(O)CCCNC(=O)C1CCCCCN1. The van der Waals surface area contributed by atoms with Crippen LogP contribution in [0.25, 0.3) is 0 Å². The van der Waals surface area contributed by atoms with Crippen LogP contribution in [0, 0.1) is 0 Å². The average Bonchev–Trinajstić information content (AvgIpc) is 2.52. The average molecular weight is 228 g/mol. The minimum Gasteiger partial charge on any atom is -0.481 e. The molecular formula is C11H20N2O3. The Hall–Kier alpha value is -1.10. The number of aliphatic carboxylic acids is 1. The first kappa shape index (κ1) is 13.0. The van der Waals surface area contributed by atoms with Gasteiger partial charge in [0.25, 0.3) is 0 Å². The topological polar surface area (TPSA) is 78.4 Å². The Labute approximate surface area is 95.6 Å². The molecule has 1 aliphatic rings. The van der Waals surface area contributed by atoms with E-state index in [-0.39, 0.29) is 18.4 Å². The van der Waals surface area contributed by atoms with Crippen molar-refractivity contribution in [1.82, 2.24) is 10.6 Å². The fraction of sp³-hybridized carbons (Fsp3) is 0.818. The molecule has 0 aromatic rings. The van der Waals surface area contributed by atoms with Crippen molar-refractivity contribution in [2.75, 3.05) is 13.1 Å². The first-order chi connectivity index (χ1) is 7.70. The van der Waals surface area contributed by atoms with Crippen molar-refractivity contribution in [3.05, 3.63) is 0 Å². The third-order valence-electron chi connectivity index (χ3n) is 2.74. The van der Waals surface area contributed by atoms with Gasteiger partial charge in [0.2, 0.25) is 5.91 Å². The lowest BCUT2D eigenvalue weighted by Crippen LogP contribution is -2.44. The normalized spacial score (nSPS) is 21.1. The molecule has 1 saturated heterocycles. The molecule has 5 heteroatoms. The van der Waals surface area contributed by atoms with E-state index < -0.39 is 5.97 Å². The van der Waals surface area contributed by atoms with Crippen LogP contribution in [0.1, 0.15) is 38.5 Å². The fourth-order valence-corrected chi connectivity index (χ4v) is 1.83. The highest BCUT2D eigenvalue weighted by Gasteiger charge is 2.18. The van der Waals surface area contributed by atoms with Gasteiger partial charge in [-0.3, -0.25) is 9.59 Å². The molecule has 0 spiro atoms. The van der Waals surface area contributed by atoms with E-state index in [2.05, 4.69) is 10.6 Å². The zero-order valence-electron chi connectivity index (χ0n) is 9.50. The van der Waals surface area contributed by atoms with Gasteiger partial charge in [-0.15, -0.1) is 0 Å². The van der Waals surface area contributed by atoms with Crippen LogP contribution in [0.4, 0.5) is 0 Å². The van der Waals surface area contributed by atoms with Gasteiger partial charge in [-0.05, 0) is 25.8 Å². The molecule has 0 saturated carbocycles. The third kappa shape index (κ3) is 5.11. The Morgan fingerprint density at radius 2 is 2.12 bits per heavy atom.